The van der Waals surface area contributed by atoms with Crippen molar-refractivity contribution >= 4 is 5.69 Å². The van der Waals surface area contributed by atoms with Gasteiger partial charge in [0.05, 0.1) is 23.6 Å². The van der Waals surface area contributed by atoms with Crippen molar-refractivity contribution in [1.82, 2.24) is 4.98 Å². The van der Waals surface area contributed by atoms with Crippen LogP contribution in [-0.4, -0.2) is 10.1 Å². The number of aromatic nitrogens is 1. The molecule has 0 spiro atoms. The molecule has 62 valence electrons. The zero-order valence-electron chi connectivity index (χ0n) is 6.70. The molecule has 0 bridgehead atoms. The summed E-state index contributed by atoms with van der Waals surface area (Å²) in [5.74, 6) is 0. The molecule has 1 aromatic rings. The first kappa shape index (κ1) is 8.50. The van der Waals surface area contributed by atoms with E-state index in [1.807, 2.05) is 6.07 Å². The molecule has 0 saturated carbocycles. The van der Waals surface area contributed by atoms with Gasteiger partial charge in [-0.05, 0) is 6.92 Å². The summed E-state index contributed by atoms with van der Waals surface area (Å²) < 4.78 is 0. The lowest BCUT2D eigenvalue weighted by atomic mass is 10.1. The summed E-state index contributed by atoms with van der Waals surface area (Å²) in [5.41, 5.74) is 7.34. The normalized spacial score (nSPS) is 9.42. The van der Waals surface area contributed by atoms with Gasteiger partial charge in [-0.15, -0.1) is 0 Å². The van der Waals surface area contributed by atoms with Crippen molar-refractivity contribution in [1.29, 1.82) is 5.26 Å². The molecule has 12 heavy (non-hydrogen) atoms. The van der Waals surface area contributed by atoms with E-state index in [0.717, 1.165) is 0 Å². The molecule has 4 heteroatoms. The molecule has 0 fully saturated rings. The van der Waals surface area contributed by atoms with Crippen molar-refractivity contribution in [3.8, 4) is 6.07 Å². The van der Waals surface area contributed by atoms with Crippen LogP contribution in [0.4, 0.5) is 5.69 Å². The maximum absolute atomic E-state index is 8.82. The van der Waals surface area contributed by atoms with Gasteiger partial charge in [-0.1, -0.05) is 0 Å². The SMILES string of the molecule is Cc1ncc(CO)c(C#N)c1N. The first-order valence-corrected chi connectivity index (χ1v) is 3.45. The zero-order chi connectivity index (χ0) is 9.14. The summed E-state index contributed by atoms with van der Waals surface area (Å²) in [7, 11) is 0. The highest BCUT2D eigenvalue weighted by atomic mass is 16.3. The number of nitriles is 1. The van der Waals surface area contributed by atoms with Crippen molar-refractivity contribution in [3.05, 3.63) is 23.0 Å². The Morgan fingerprint density at radius 1 is 1.75 bits per heavy atom. The molecule has 0 aliphatic rings. The van der Waals surface area contributed by atoms with E-state index in [1.54, 1.807) is 6.92 Å². The van der Waals surface area contributed by atoms with Crippen LogP contribution in [0.1, 0.15) is 16.8 Å². The van der Waals surface area contributed by atoms with E-state index in [0.29, 0.717) is 22.5 Å². The second-order valence-corrected chi connectivity index (χ2v) is 2.43. The van der Waals surface area contributed by atoms with Crippen LogP contribution in [0.15, 0.2) is 6.20 Å². The molecule has 1 aromatic heterocycles. The van der Waals surface area contributed by atoms with Gasteiger partial charge in [-0.3, -0.25) is 4.98 Å². The van der Waals surface area contributed by atoms with Gasteiger partial charge in [-0.25, -0.2) is 0 Å². The Kier molecular flexibility index (Phi) is 2.26. The number of rotatable bonds is 1. The third-order valence-corrected chi connectivity index (χ3v) is 1.68. The Hall–Kier alpha value is -1.60. The first-order chi connectivity index (χ1) is 5.70. The maximum Gasteiger partial charge on any atom is 0.102 e. The molecule has 0 aliphatic carbocycles. The maximum atomic E-state index is 8.82. The number of aliphatic hydroxyl groups is 1. The van der Waals surface area contributed by atoms with E-state index in [2.05, 4.69) is 4.98 Å². The first-order valence-electron chi connectivity index (χ1n) is 3.45. The Bertz CT molecular complexity index is 341. The Morgan fingerprint density at radius 2 is 2.42 bits per heavy atom. The molecule has 3 N–H and O–H groups in total. The van der Waals surface area contributed by atoms with E-state index in [9.17, 15) is 0 Å². The predicted octanol–water partition coefficient (Wildman–Crippen LogP) is 0.336. The van der Waals surface area contributed by atoms with Gasteiger partial charge in [0.25, 0.3) is 0 Å². The lowest BCUT2D eigenvalue weighted by Crippen LogP contribution is -2.01. The molecule has 0 aromatic carbocycles. The van der Waals surface area contributed by atoms with E-state index in [1.165, 1.54) is 6.20 Å². The molecule has 0 aliphatic heterocycles. The van der Waals surface area contributed by atoms with E-state index < -0.39 is 0 Å². The summed E-state index contributed by atoms with van der Waals surface area (Å²) >= 11 is 0. The van der Waals surface area contributed by atoms with Crippen molar-refractivity contribution in [2.45, 2.75) is 13.5 Å². The van der Waals surface area contributed by atoms with Gasteiger partial charge in [-0.2, -0.15) is 5.26 Å². The highest BCUT2D eigenvalue weighted by molar-refractivity contribution is 5.59. The molecule has 0 radical (unpaired) electrons. The fourth-order valence-corrected chi connectivity index (χ4v) is 0.915. The second-order valence-electron chi connectivity index (χ2n) is 2.43. The van der Waals surface area contributed by atoms with Crippen LogP contribution < -0.4 is 5.73 Å². The third-order valence-electron chi connectivity index (χ3n) is 1.68. The molecule has 0 amide bonds. The molecule has 0 unspecified atom stereocenters. The van der Waals surface area contributed by atoms with E-state index in [4.69, 9.17) is 16.1 Å². The molecule has 4 nitrogen and oxygen atoms in total. The van der Waals surface area contributed by atoms with Crippen LogP contribution >= 0.6 is 0 Å². The number of anilines is 1. The Morgan fingerprint density at radius 3 is 2.92 bits per heavy atom. The summed E-state index contributed by atoms with van der Waals surface area (Å²) in [6.07, 6.45) is 1.46. The van der Waals surface area contributed by atoms with Crippen LogP contribution in [0.3, 0.4) is 0 Å². The Balaban J connectivity index is 3.38. The lowest BCUT2D eigenvalue weighted by molar-refractivity contribution is 0.281. The quantitative estimate of drug-likeness (QED) is 0.625. The minimum atomic E-state index is -0.208. The van der Waals surface area contributed by atoms with Gasteiger partial charge < -0.3 is 10.8 Å². The van der Waals surface area contributed by atoms with Crippen molar-refractivity contribution in [2.24, 2.45) is 0 Å². The molecule has 0 saturated heterocycles. The smallest absolute Gasteiger partial charge is 0.102 e. The van der Waals surface area contributed by atoms with Gasteiger partial charge in [0, 0.05) is 11.8 Å². The molecular formula is C8H9N3O. The van der Waals surface area contributed by atoms with Crippen molar-refractivity contribution in [3.63, 3.8) is 0 Å². The Labute approximate surface area is 70.3 Å². The van der Waals surface area contributed by atoms with E-state index >= 15 is 0 Å². The summed E-state index contributed by atoms with van der Waals surface area (Å²) in [4.78, 5) is 3.92. The van der Waals surface area contributed by atoms with Gasteiger partial charge in [0.1, 0.15) is 6.07 Å². The number of nitrogens with zero attached hydrogens (tertiary/aromatic N) is 2. The fraction of sp³-hybridized carbons (Fsp3) is 0.250. The van der Waals surface area contributed by atoms with Crippen LogP contribution in [-0.2, 0) is 6.61 Å². The monoisotopic (exact) mass is 163 g/mol. The second kappa shape index (κ2) is 3.20. The fourth-order valence-electron chi connectivity index (χ4n) is 0.915. The number of hydrogen-bond donors (Lipinski definition) is 2. The minimum absolute atomic E-state index is 0.208. The number of hydrogen-bond acceptors (Lipinski definition) is 4. The number of nitrogens with two attached hydrogens (primary N) is 1. The number of aryl methyl sites for hydroxylation is 1. The van der Waals surface area contributed by atoms with E-state index in [-0.39, 0.29) is 6.61 Å². The van der Waals surface area contributed by atoms with Crippen LogP contribution in [0.5, 0.6) is 0 Å². The zero-order valence-corrected chi connectivity index (χ0v) is 6.70. The predicted molar refractivity (Wildman–Crippen MR) is 44.0 cm³/mol. The van der Waals surface area contributed by atoms with Crippen LogP contribution in [0.2, 0.25) is 0 Å². The molecule has 0 atom stereocenters. The average molecular weight is 163 g/mol. The molecule has 1 heterocycles. The number of pyridine rings is 1. The molecule has 1 rings (SSSR count). The summed E-state index contributed by atoms with van der Waals surface area (Å²) in [5, 5.41) is 17.5. The average Bonchev–Trinajstić information content (AvgIpc) is 2.09. The van der Waals surface area contributed by atoms with Crippen LogP contribution in [0.25, 0.3) is 0 Å². The molecular weight excluding hydrogens is 154 g/mol. The summed E-state index contributed by atoms with van der Waals surface area (Å²) in [6.45, 7) is 1.51. The topological polar surface area (TPSA) is 82.9 Å². The highest BCUT2D eigenvalue weighted by Gasteiger charge is 2.07. The van der Waals surface area contributed by atoms with Crippen molar-refractivity contribution < 1.29 is 5.11 Å². The van der Waals surface area contributed by atoms with Gasteiger partial charge in [0.2, 0.25) is 0 Å². The number of aliphatic hydroxyl groups excluding tert-OH is 1. The minimum Gasteiger partial charge on any atom is -0.396 e. The highest BCUT2D eigenvalue weighted by Crippen LogP contribution is 2.17. The van der Waals surface area contributed by atoms with Gasteiger partial charge >= 0.3 is 0 Å². The standard InChI is InChI=1S/C8H9N3O/c1-5-8(10)7(2-9)6(4-12)3-11-5/h3,12H,4,10H2,1H3. The number of nitrogen functional groups attached to an aromatic ring is 1. The van der Waals surface area contributed by atoms with Crippen LogP contribution in [0, 0.1) is 18.3 Å². The van der Waals surface area contributed by atoms with Crippen molar-refractivity contribution in [2.75, 3.05) is 5.73 Å². The third kappa shape index (κ3) is 1.22. The lowest BCUT2D eigenvalue weighted by Gasteiger charge is -2.04. The van der Waals surface area contributed by atoms with Gasteiger partial charge in [0.15, 0.2) is 0 Å². The largest absolute Gasteiger partial charge is 0.396 e. The summed E-state index contributed by atoms with van der Waals surface area (Å²) in [6, 6.07) is 1.93.